The first-order chi connectivity index (χ1) is 26.5. The van der Waals surface area contributed by atoms with Crippen LogP contribution in [0.2, 0.25) is 0 Å². The third kappa shape index (κ3) is 27.1. The van der Waals surface area contributed by atoms with Crippen LogP contribution in [0.5, 0.6) is 0 Å². The molecule has 0 N–H and O–H groups in total. The average molecular weight is 1010 g/mol. The zero-order valence-electron chi connectivity index (χ0n) is 30.3. The average Bonchev–Trinajstić information content (AvgIpc) is 3.12. The van der Waals surface area contributed by atoms with Crippen molar-refractivity contribution in [2.75, 3.05) is 28.2 Å². The fourth-order valence-corrected chi connectivity index (χ4v) is 2.70. The predicted octanol–water partition coefficient (Wildman–Crippen LogP) is 4.85. The number of hydrogen-bond acceptors (Lipinski definition) is 8. The number of ketones is 3. The number of benzene rings is 3. The maximum atomic E-state index is 12.4. The van der Waals surface area contributed by atoms with E-state index in [4.69, 9.17) is 0 Å². The minimum atomic E-state index is -5.07. The van der Waals surface area contributed by atoms with Crippen LogP contribution in [-0.4, -0.2) is 86.7 Å². The molecule has 3 rings (SSSR count). The van der Waals surface area contributed by atoms with E-state index in [1.165, 1.54) is 9.80 Å². The Morgan fingerprint density at radius 3 is 0.712 bits per heavy atom. The van der Waals surface area contributed by atoms with Crippen molar-refractivity contribution < 1.29 is 130 Å². The standard InChI is InChI=1S/3C10H6F4O2.2C3H7NO.Dy/c3*11-7-3-1-6(2-4-7)8(15)5-9(16)10(12,13)14;2*1-4(2)3-5;/h3*1-5,16H;2*3H,1-2H3;/q;;;;;+3/p-3/b3*9-5-;;;. The van der Waals surface area contributed by atoms with Gasteiger partial charge in [-0.1, -0.05) is 0 Å². The van der Waals surface area contributed by atoms with Crippen LogP contribution < -0.4 is 15.3 Å². The SMILES string of the molecule is CN(C)C=O.CN(C)C=O.O=C(/C=C(\[O-])C(F)(F)F)c1ccc(F)cc1.O=C(/C=C(\[O-])C(F)(F)F)c1ccc(F)cc1.O=C(/C=C(\[O-])C(F)(F)F)c1ccc(F)cc1.[Dy+3]. The predicted molar refractivity (Wildman–Crippen MR) is 174 cm³/mol. The van der Waals surface area contributed by atoms with Crippen molar-refractivity contribution in [3.05, 3.63) is 142 Å². The van der Waals surface area contributed by atoms with Gasteiger partial charge >= 0.3 is 56.7 Å². The number of hydrogen-bond donors (Lipinski definition) is 0. The van der Waals surface area contributed by atoms with Crippen LogP contribution in [0.3, 0.4) is 0 Å². The Kier molecular flexibility index (Phi) is 26.9. The van der Waals surface area contributed by atoms with Crippen LogP contribution in [-0.2, 0) is 9.59 Å². The molecule has 0 bridgehead atoms. The zero-order chi connectivity index (χ0) is 45.6. The van der Waals surface area contributed by atoms with E-state index >= 15 is 0 Å². The molecule has 0 aliphatic rings. The number of halogens is 12. The number of carbonyl (C=O) groups is 5. The van der Waals surface area contributed by atoms with E-state index in [1.807, 2.05) is 0 Å². The Balaban J connectivity index is -0.000000708. The Hall–Kier alpha value is -5.34. The molecular weight excluding hydrogens is 979 g/mol. The monoisotopic (exact) mass is 1010 g/mol. The summed E-state index contributed by atoms with van der Waals surface area (Å²) in [6, 6.07) is 11.5. The van der Waals surface area contributed by atoms with Crippen molar-refractivity contribution in [1.82, 2.24) is 9.80 Å². The smallest absolute Gasteiger partial charge is 0.869 e. The van der Waals surface area contributed by atoms with Gasteiger partial charge in [-0.25, -0.2) is 13.2 Å². The fraction of sp³-hybridized carbons (Fsp3) is 0.194. The summed E-state index contributed by atoms with van der Waals surface area (Å²) >= 11 is 0. The Labute approximate surface area is 357 Å². The number of alkyl halides is 9. The summed E-state index contributed by atoms with van der Waals surface area (Å²) in [5, 5.41) is 31.3. The third-order valence-corrected chi connectivity index (χ3v) is 5.43. The van der Waals surface area contributed by atoms with Gasteiger partial charge in [0.25, 0.3) is 0 Å². The largest absolute Gasteiger partial charge is 3.00 e. The zero-order valence-corrected chi connectivity index (χ0v) is 32.4. The maximum Gasteiger partial charge on any atom is 3.00 e. The van der Waals surface area contributed by atoms with Crippen molar-refractivity contribution >= 4 is 30.2 Å². The van der Waals surface area contributed by atoms with Crippen molar-refractivity contribution in [1.29, 1.82) is 0 Å². The van der Waals surface area contributed by atoms with E-state index in [0.29, 0.717) is 0 Å². The van der Waals surface area contributed by atoms with Crippen LogP contribution >= 0.6 is 0 Å². The molecule has 0 aliphatic heterocycles. The topological polar surface area (TPSA) is 161 Å². The number of amides is 2. The number of allylic oxidation sites excluding steroid dienone is 6. The fourth-order valence-electron chi connectivity index (χ4n) is 2.70. The molecule has 1 radical (unpaired) electrons. The molecule has 3 aromatic carbocycles. The number of carbonyl (C=O) groups excluding carboxylic acids is 5. The van der Waals surface area contributed by atoms with Gasteiger partial charge in [0, 0.05) is 44.9 Å². The van der Waals surface area contributed by atoms with E-state index in [1.54, 1.807) is 28.2 Å². The number of nitrogens with zero attached hydrogens (tertiary/aromatic N) is 2. The molecule has 59 heavy (non-hydrogen) atoms. The van der Waals surface area contributed by atoms with E-state index in [0.717, 1.165) is 85.6 Å². The quantitative estimate of drug-likeness (QED) is 0.102. The van der Waals surface area contributed by atoms with Crippen molar-refractivity contribution in [3.63, 3.8) is 0 Å². The second kappa shape index (κ2) is 27.4. The first kappa shape index (κ1) is 58.0. The molecule has 325 valence electrons. The third-order valence-electron chi connectivity index (χ3n) is 5.43. The minimum absolute atomic E-state index is 0. The number of rotatable bonds is 8. The van der Waals surface area contributed by atoms with Crippen molar-refractivity contribution in [3.8, 4) is 0 Å². The van der Waals surface area contributed by atoms with E-state index in [-0.39, 0.29) is 73.1 Å². The Morgan fingerprint density at radius 1 is 0.441 bits per heavy atom. The van der Waals surface area contributed by atoms with Gasteiger partial charge in [0.05, 0.1) is 0 Å². The van der Waals surface area contributed by atoms with Crippen LogP contribution in [0.15, 0.2) is 108 Å². The van der Waals surface area contributed by atoms with E-state index in [2.05, 4.69) is 0 Å². The maximum absolute atomic E-state index is 12.4. The Bertz CT molecular complexity index is 1660. The second-order valence-corrected chi connectivity index (χ2v) is 10.8. The molecule has 0 aliphatic carbocycles. The molecule has 2 amide bonds. The summed E-state index contributed by atoms with van der Waals surface area (Å²) in [6.45, 7) is 0. The first-order valence-corrected chi connectivity index (χ1v) is 15.0. The van der Waals surface area contributed by atoms with Gasteiger partial charge in [-0.05, 0) is 108 Å². The molecule has 0 heterocycles. The van der Waals surface area contributed by atoms with Gasteiger partial charge in [-0.2, -0.15) is 39.5 Å². The molecule has 10 nitrogen and oxygen atoms in total. The van der Waals surface area contributed by atoms with Gasteiger partial charge < -0.3 is 25.1 Å². The van der Waals surface area contributed by atoms with Gasteiger partial charge in [0.15, 0.2) is 17.3 Å². The second-order valence-electron chi connectivity index (χ2n) is 10.8. The molecule has 0 saturated heterocycles. The molecule has 0 aromatic heterocycles. The first-order valence-electron chi connectivity index (χ1n) is 15.0. The molecule has 23 heteroatoms. The molecule has 0 atom stereocenters. The van der Waals surface area contributed by atoms with Crippen LogP contribution in [0.1, 0.15) is 31.1 Å². The summed E-state index contributed by atoms with van der Waals surface area (Å²) in [6.07, 6.45) is -13.9. The summed E-state index contributed by atoms with van der Waals surface area (Å²) in [7, 11) is 6.75. The molecule has 3 aromatic rings. The van der Waals surface area contributed by atoms with Crippen LogP contribution in [0.25, 0.3) is 0 Å². The van der Waals surface area contributed by atoms with Gasteiger partial charge in [0.1, 0.15) is 17.5 Å². The molecular formula is C36H29DyF12N2O8. The molecule has 0 spiro atoms. The Morgan fingerprint density at radius 2 is 0.593 bits per heavy atom. The van der Waals surface area contributed by atoms with E-state index in [9.17, 15) is 92.0 Å². The van der Waals surface area contributed by atoms with Crippen LogP contribution in [0.4, 0.5) is 52.7 Å². The van der Waals surface area contributed by atoms with Crippen LogP contribution in [0, 0.1) is 55.6 Å². The van der Waals surface area contributed by atoms with Gasteiger partial charge in [-0.15, -0.1) is 0 Å². The summed E-state index contributed by atoms with van der Waals surface area (Å²) in [5.41, 5.74) is -0.544. The van der Waals surface area contributed by atoms with Gasteiger partial charge in [-0.3, -0.25) is 24.0 Å². The summed E-state index contributed by atoms with van der Waals surface area (Å²) in [4.78, 5) is 55.1. The molecule has 0 fully saturated rings. The molecule has 0 saturated carbocycles. The van der Waals surface area contributed by atoms with Crippen molar-refractivity contribution in [2.24, 2.45) is 0 Å². The minimum Gasteiger partial charge on any atom is -0.869 e. The summed E-state index contributed by atoms with van der Waals surface area (Å²) in [5.74, 6) is -11.9. The molecule has 0 unspecified atom stereocenters. The summed E-state index contributed by atoms with van der Waals surface area (Å²) < 4.78 is 143. The van der Waals surface area contributed by atoms with E-state index < -0.39 is 70.6 Å². The normalized spacial score (nSPS) is 11.4. The van der Waals surface area contributed by atoms with Crippen molar-refractivity contribution in [2.45, 2.75) is 18.5 Å². The van der Waals surface area contributed by atoms with Gasteiger partial charge in [0.2, 0.25) is 12.8 Å².